The van der Waals surface area contributed by atoms with E-state index in [4.69, 9.17) is 17.3 Å². The molecule has 3 rings (SSSR count). The van der Waals surface area contributed by atoms with E-state index in [0.717, 1.165) is 22.1 Å². The first-order chi connectivity index (χ1) is 11.6. The molecule has 0 aliphatic rings. The van der Waals surface area contributed by atoms with E-state index in [0.29, 0.717) is 5.02 Å². The average molecular weight is 358 g/mol. The number of hydrogen-bond donors (Lipinski definition) is 1. The van der Waals surface area contributed by atoms with Crippen molar-refractivity contribution in [2.75, 3.05) is 0 Å². The summed E-state index contributed by atoms with van der Waals surface area (Å²) in [6, 6.07) is 17.5. The van der Waals surface area contributed by atoms with Crippen LogP contribution < -0.4 is 5.73 Å². The number of hydrogen-bond acceptors (Lipinski definition) is 3. The number of rotatable bonds is 5. The number of primary amides is 1. The minimum Gasteiger partial charge on any atom is -0.369 e. The molecule has 1 atom stereocenters. The van der Waals surface area contributed by atoms with E-state index in [1.165, 1.54) is 11.8 Å². The number of imidazole rings is 1. The summed E-state index contributed by atoms with van der Waals surface area (Å²) in [5.74, 6) is -0.365. The molecule has 0 spiro atoms. The van der Waals surface area contributed by atoms with Gasteiger partial charge < -0.3 is 5.73 Å². The van der Waals surface area contributed by atoms with Crippen molar-refractivity contribution in [1.29, 1.82) is 0 Å². The fraction of sp³-hybridized carbons (Fsp3) is 0.111. The summed E-state index contributed by atoms with van der Waals surface area (Å²) in [5, 5.41) is 1.03. The zero-order chi connectivity index (χ0) is 17.1. The van der Waals surface area contributed by atoms with Crippen LogP contribution in [-0.2, 0) is 4.79 Å². The molecule has 0 saturated heterocycles. The predicted molar refractivity (Wildman–Crippen MR) is 98.5 cm³/mol. The lowest BCUT2D eigenvalue weighted by atomic mass is 10.1. The Kier molecular flexibility index (Phi) is 4.92. The Labute approximate surface area is 149 Å². The maximum atomic E-state index is 11.4. The molecular weight excluding hydrogens is 342 g/mol. The monoisotopic (exact) mass is 357 g/mol. The minimum atomic E-state index is -0.368. The van der Waals surface area contributed by atoms with Crippen molar-refractivity contribution in [2.24, 2.45) is 5.73 Å². The van der Waals surface area contributed by atoms with E-state index >= 15 is 0 Å². The molecule has 4 nitrogen and oxygen atoms in total. The highest BCUT2D eigenvalue weighted by Crippen LogP contribution is 2.32. The van der Waals surface area contributed by atoms with Gasteiger partial charge in [0.2, 0.25) is 5.91 Å². The number of carbonyl (C=O) groups excluding carboxylic acids is 1. The highest BCUT2D eigenvalue weighted by Gasteiger charge is 2.18. The van der Waals surface area contributed by atoms with Crippen LogP contribution in [0, 0.1) is 0 Å². The Morgan fingerprint density at radius 2 is 1.83 bits per heavy atom. The van der Waals surface area contributed by atoms with E-state index in [2.05, 4.69) is 4.98 Å². The first-order valence-electron chi connectivity index (χ1n) is 7.41. The zero-order valence-corrected chi connectivity index (χ0v) is 14.6. The van der Waals surface area contributed by atoms with Crippen LogP contribution in [0.3, 0.4) is 0 Å². The third-order valence-electron chi connectivity index (χ3n) is 3.57. The zero-order valence-electron chi connectivity index (χ0n) is 13.0. The lowest BCUT2D eigenvalue weighted by Crippen LogP contribution is -2.23. The molecule has 0 bridgehead atoms. The third kappa shape index (κ3) is 3.47. The number of para-hydroxylation sites is 1. The standard InChI is InChI=1S/C18H16ClN3OS/c1-12(17(20)23)24-18-21-11-16(13-7-9-14(19)10-8-13)22(18)15-5-3-2-4-6-15/h2-12H,1H3,(H2,20,23). The van der Waals surface area contributed by atoms with Gasteiger partial charge in [0.05, 0.1) is 17.1 Å². The summed E-state index contributed by atoms with van der Waals surface area (Å²) in [4.78, 5) is 15.9. The predicted octanol–water partition coefficient (Wildman–Crippen LogP) is 4.16. The van der Waals surface area contributed by atoms with Gasteiger partial charge in [0.1, 0.15) is 0 Å². The average Bonchev–Trinajstić information content (AvgIpc) is 2.99. The summed E-state index contributed by atoms with van der Waals surface area (Å²) in [7, 11) is 0. The number of amides is 1. The van der Waals surface area contributed by atoms with E-state index in [1.54, 1.807) is 13.1 Å². The number of halogens is 1. The second-order valence-electron chi connectivity index (χ2n) is 5.27. The first-order valence-corrected chi connectivity index (χ1v) is 8.67. The first kappa shape index (κ1) is 16.6. The molecule has 1 aromatic heterocycles. The molecule has 122 valence electrons. The molecule has 0 aliphatic heterocycles. The van der Waals surface area contributed by atoms with Crippen LogP contribution in [0.2, 0.25) is 5.02 Å². The van der Waals surface area contributed by atoms with Crippen molar-refractivity contribution in [3.05, 3.63) is 65.8 Å². The Bertz CT molecular complexity index is 846. The second-order valence-corrected chi connectivity index (χ2v) is 7.01. The lowest BCUT2D eigenvalue weighted by molar-refractivity contribution is -0.117. The van der Waals surface area contributed by atoms with Crippen molar-refractivity contribution in [1.82, 2.24) is 9.55 Å². The topological polar surface area (TPSA) is 60.9 Å². The van der Waals surface area contributed by atoms with Gasteiger partial charge in [0.15, 0.2) is 5.16 Å². The molecule has 2 aromatic carbocycles. The normalized spacial score (nSPS) is 12.1. The van der Waals surface area contributed by atoms with E-state index in [-0.39, 0.29) is 11.2 Å². The largest absolute Gasteiger partial charge is 0.369 e. The smallest absolute Gasteiger partial charge is 0.230 e. The van der Waals surface area contributed by atoms with Gasteiger partial charge in [-0.2, -0.15) is 0 Å². The Hall–Kier alpha value is -2.24. The molecule has 3 aromatic rings. The van der Waals surface area contributed by atoms with E-state index in [1.807, 2.05) is 59.2 Å². The van der Waals surface area contributed by atoms with Gasteiger partial charge >= 0.3 is 0 Å². The van der Waals surface area contributed by atoms with Crippen molar-refractivity contribution in [3.63, 3.8) is 0 Å². The highest BCUT2D eigenvalue weighted by molar-refractivity contribution is 8.00. The summed E-state index contributed by atoms with van der Waals surface area (Å²) in [6.07, 6.45) is 1.80. The molecule has 1 unspecified atom stereocenters. The van der Waals surface area contributed by atoms with Gasteiger partial charge in [0.25, 0.3) is 0 Å². The minimum absolute atomic E-state index is 0.365. The van der Waals surface area contributed by atoms with Gasteiger partial charge in [0, 0.05) is 16.3 Å². The molecule has 0 fully saturated rings. The Morgan fingerprint density at radius 1 is 1.17 bits per heavy atom. The van der Waals surface area contributed by atoms with Crippen LogP contribution in [-0.4, -0.2) is 20.7 Å². The summed E-state index contributed by atoms with van der Waals surface area (Å²) in [5.41, 5.74) is 8.29. The molecule has 24 heavy (non-hydrogen) atoms. The number of benzene rings is 2. The number of nitrogens with two attached hydrogens (primary N) is 1. The molecular formula is C18H16ClN3OS. The Balaban J connectivity index is 2.11. The van der Waals surface area contributed by atoms with E-state index in [9.17, 15) is 4.79 Å². The number of nitrogens with zero attached hydrogens (tertiary/aromatic N) is 2. The van der Waals surface area contributed by atoms with Crippen LogP contribution in [0.1, 0.15) is 6.92 Å². The summed E-state index contributed by atoms with van der Waals surface area (Å²) in [6.45, 7) is 1.78. The van der Waals surface area contributed by atoms with Crippen LogP contribution >= 0.6 is 23.4 Å². The molecule has 0 aliphatic carbocycles. The van der Waals surface area contributed by atoms with Gasteiger partial charge in [-0.05, 0) is 31.2 Å². The SMILES string of the molecule is CC(Sc1ncc(-c2ccc(Cl)cc2)n1-c1ccccc1)C(N)=O. The molecule has 0 radical (unpaired) electrons. The van der Waals surface area contributed by atoms with E-state index < -0.39 is 0 Å². The highest BCUT2D eigenvalue weighted by atomic mass is 35.5. The van der Waals surface area contributed by atoms with Crippen molar-refractivity contribution in [2.45, 2.75) is 17.3 Å². The van der Waals surface area contributed by atoms with Crippen LogP contribution in [0.15, 0.2) is 66.0 Å². The molecule has 1 heterocycles. The quantitative estimate of drug-likeness (QED) is 0.697. The lowest BCUT2D eigenvalue weighted by Gasteiger charge is -2.13. The maximum absolute atomic E-state index is 11.4. The molecule has 0 saturated carbocycles. The molecule has 1 amide bonds. The van der Waals surface area contributed by atoms with Crippen LogP contribution in [0.4, 0.5) is 0 Å². The van der Waals surface area contributed by atoms with Crippen molar-refractivity contribution < 1.29 is 4.79 Å². The van der Waals surface area contributed by atoms with Gasteiger partial charge in [-0.15, -0.1) is 0 Å². The third-order valence-corrected chi connectivity index (χ3v) is 4.90. The fourth-order valence-corrected chi connectivity index (χ4v) is 3.27. The van der Waals surface area contributed by atoms with Crippen LogP contribution in [0.25, 0.3) is 16.9 Å². The Morgan fingerprint density at radius 3 is 2.46 bits per heavy atom. The summed E-state index contributed by atoms with van der Waals surface area (Å²) >= 11 is 7.33. The van der Waals surface area contributed by atoms with Crippen molar-refractivity contribution in [3.8, 4) is 16.9 Å². The number of thioether (sulfide) groups is 1. The number of aromatic nitrogens is 2. The van der Waals surface area contributed by atoms with Gasteiger partial charge in [-0.25, -0.2) is 4.98 Å². The van der Waals surface area contributed by atoms with Crippen molar-refractivity contribution >= 4 is 29.3 Å². The van der Waals surface area contributed by atoms with Crippen LogP contribution in [0.5, 0.6) is 0 Å². The molecule has 6 heteroatoms. The molecule has 2 N–H and O–H groups in total. The maximum Gasteiger partial charge on any atom is 0.230 e. The van der Waals surface area contributed by atoms with Gasteiger partial charge in [-0.3, -0.25) is 9.36 Å². The summed E-state index contributed by atoms with van der Waals surface area (Å²) < 4.78 is 2.02. The number of carbonyl (C=O) groups is 1. The van der Waals surface area contributed by atoms with Gasteiger partial charge in [-0.1, -0.05) is 53.7 Å². The fourth-order valence-electron chi connectivity index (χ4n) is 2.29. The second kappa shape index (κ2) is 7.11.